The van der Waals surface area contributed by atoms with E-state index in [1.807, 2.05) is 52.1 Å². The Kier molecular flexibility index (Phi) is 6.61. The smallest absolute Gasteiger partial charge is 0.254 e. The highest BCUT2D eigenvalue weighted by atomic mass is 35.5. The van der Waals surface area contributed by atoms with E-state index in [1.165, 1.54) is 5.57 Å². The number of aromatic nitrogens is 2. The second kappa shape index (κ2) is 9.00. The summed E-state index contributed by atoms with van der Waals surface area (Å²) in [5, 5.41) is 8.09. The zero-order chi connectivity index (χ0) is 21.9. The molecule has 0 saturated carbocycles. The molecule has 1 aromatic carbocycles. The van der Waals surface area contributed by atoms with Crippen LogP contribution in [0.3, 0.4) is 0 Å². The number of allylic oxidation sites excluding steroid dienone is 3. The topological polar surface area (TPSA) is 59.3 Å². The molecular weight excluding hydrogens is 396 g/mol. The van der Waals surface area contributed by atoms with Crippen LogP contribution in [0.1, 0.15) is 67.6 Å². The number of halogens is 1. The summed E-state index contributed by atoms with van der Waals surface area (Å²) in [5.74, 6) is -0.131. The first-order chi connectivity index (χ1) is 14.1. The first kappa shape index (κ1) is 22.0. The molecular formula is C24H29ClN4O. The van der Waals surface area contributed by atoms with Gasteiger partial charge in [0.25, 0.3) is 5.91 Å². The lowest BCUT2D eigenvalue weighted by Crippen LogP contribution is -2.24. The molecule has 0 spiro atoms. The number of hydrogen-bond acceptors (Lipinski definition) is 3. The maximum atomic E-state index is 12.5. The third-order valence-electron chi connectivity index (χ3n) is 5.09. The third-order valence-corrected chi connectivity index (χ3v) is 5.38. The number of hydrogen-bond donors (Lipinski definition) is 1. The van der Waals surface area contributed by atoms with E-state index in [2.05, 4.69) is 28.4 Å². The number of nitrogens with zero attached hydrogens (tertiary/aromatic N) is 3. The minimum absolute atomic E-state index is 0.131. The van der Waals surface area contributed by atoms with Crippen molar-refractivity contribution in [3.05, 3.63) is 75.7 Å². The number of aryl methyl sites for hydroxylation is 1. The lowest BCUT2D eigenvalue weighted by molar-refractivity contribution is 0.0950. The Balaban J connectivity index is 1.72. The number of aliphatic imine (C=N–C) groups is 1. The Morgan fingerprint density at radius 1 is 1.23 bits per heavy atom. The van der Waals surface area contributed by atoms with Crippen molar-refractivity contribution >= 4 is 23.2 Å². The highest BCUT2D eigenvalue weighted by Gasteiger charge is 2.17. The van der Waals surface area contributed by atoms with Gasteiger partial charge in [-0.1, -0.05) is 29.3 Å². The molecule has 1 amide bonds. The molecule has 1 aliphatic rings. The van der Waals surface area contributed by atoms with Gasteiger partial charge in [0.2, 0.25) is 0 Å². The molecule has 0 radical (unpaired) electrons. The average molecular weight is 425 g/mol. The fourth-order valence-corrected chi connectivity index (χ4v) is 3.31. The highest BCUT2D eigenvalue weighted by molar-refractivity contribution is 6.32. The molecule has 6 heteroatoms. The number of amides is 1. The minimum Gasteiger partial charge on any atom is -0.348 e. The molecule has 5 nitrogen and oxygen atoms in total. The largest absolute Gasteiger partial charge is 0.348 e. The summed E-state index contributed by atoms with van der Waals surface area (Å²) in [6.45, 7) is 10.7. The molecule has 0 fully saturated rings. The molecule has 1 aliphatic heterocycles. The van der Waals surface area contributed by atoms with Crippen molar-refractivity contribution in [2.75, 3.05) is 0 Å². The monoisotopic (exact) mass is 424 g/mol. The van der Waals surface area contributed by atoms with Crippen LogP contribution in [0.2, 0.25) is 0 Å². The summed E-state index contributed by atoms with van der Waals surface area (Å²) < 4.78 is 1.80. The molecule has 0 aliphatic carbocycles. The number of benzene rings is 1. The van der Waals surface area contributed by atoms with Gasteiger partial charge in [-0.05, 0) is 70.7 Å². The molecule has 0 atom stereocenters. The van der Waals surface area contributed by atoms with Gasteiger partial charge in [-0.25, -0.2) is 0 Å². The van der Waals surface area contributed by atoms with Crippen molar-refractivity contribution in [1.29, 1.82) is 0 Å². The van der Waals surface area contributed by atoms with Crippen molar-refractivity contribution in [3.8, 4) is 0 Å². The zero-order valence-corrected chi connectivity index (χ0v) is 19.0. The summed E-state index contributed by atoms with van der Waals surface area (Å²) >= 11 is 6.35. The molecule has 1 aromatic heterocycles. The van der Waals surface area contributed by atoms with Crippen molar-refractivity contribution in [2.24, 2.45) is 4.99 Å². The quantitative estimate of drug-likeness (QED) is 0.705. The predicted molar refractivity (Wildman–Crippen MR) is 123 cm³/mol. The fraction of sp³-hybridized carbons (Fsp3) is 0.375. The van der Waals surface area contributed by atoms with Gasteiger partial charge in [-0.15, -0.1) is 0 Å². The first-order valence-corrected chi connectivity index (χ1v) is 10.5. The molecule has 158 valence electrons. The van der Waals surface area contributed by atoms with Gasteiger partial charge in [0, 0.05) is 29.5 Å². The second-order valence-corrected chi connectivity index (χ2v) is 9.23. The molecule has 2 heterocycles. The van der Waals surface area contributed by atoms with E-state index in [0.29, 0.717) is 12.1 Å². The standard InChI is InChI=1S/C24H29ClN4O/c1-16-6-9-21(25)11-22(26-12-16)18-7-8-19(17(2)10-18)13-27-23(30)20-14-28-29(15-20)24(3,4)5/h7-8,10-12,14-15H,6,9,13H2,1-5H3,(H,27,30). The van der Waals surface area contributed by atoms with Crippen LogP contribution in [0.25, 0.3) is 0 Å². The number of carbonyl (C=O) groups excluding carboxylic acids is 1. The summed E-state index contributed by atoms with van der Waals surface area (Å²) in [6, 6.07) is 6.14. The minimum atomic E-state index is -0.157. The first-order valence-electron chi connectivity index (χ1n) is 10.2. The van der Waals surface area contributed by atoms with Crippen LogP contribution in [-0.2, 0) is 12.1 Å². The number of nitrogens with one attached hydrogen (secondary N) is 1. The summed E-state index contributed by atoms with van der Waals surface area (Å²) in [5.41, 5.74) is 5.63. The Morgan fingerprint density at radius 2 is 2.00 bits per heavy atom. The van der Waals surface area contributed by atoms with E-state index in [0.717, 1.165) is 40.3 Å². The van der Waals surface area contributed by atoms with Crippen LogP contribution in [0.15, 0.2) is 58.5 Å². The maximum absolute atomic E-state index is 12.5. The van der Waals surface area contributed by atoms with Crippen LogP contribution >= 0.6 is 11.6 Å². The third kappa shape index (κ3) is 5.48. The zero-order valence-electron chi connectivity index (χ0n) is 18.3. The van der Waals surface area contributed by atoms with Gasteiger partial charge in [-0.2, -0.15) is 5.10 Å². The van der Waals surface area contributed by atoms with E-state index < -0.39 is 0 Å². The van der Waals surface area contributed by atoms with E-state index in [4.69, 9.17) is 11.6 Å². The SMILES string of the molecule is CC1=CN=C(c2ccc(CNC(=O)c3cnn(C(C)(C)C)c3)c(C)c2)C=C(Cl)CC1. The maximum Gasteiger partial charge on any atom is 0.254 e. The van der Waals surface area contributed by atoms with Crippen LogP contribution in [0.4, 0.5) is 0 Å². The van der Waals surface area contributed by atoms with E-state index >= 15 is 0 Å². The number of carbonyl (C=O) groups is 1. The Labute approximate surface area is 183 Å². The summed E-state index contributed by atoms with van der Waals surface area (Å²) in [7, 11) is 0. The van der Waals surface area contributed by atoms with Gasteiger partial charge in [-0.3, -0.25) is 14.5 Å². The molecule has 2 aromatic rings. The van der Waals surface area contributed by atoms with Crippen molar-refractivity contribution < 1.29 is 4.79 Å². The fourth-order valence-electron chi connectivity index (χ4n) is 3.11. The van der Waals surface area contributed by atoms with Crippen LogP contribution in [0, 0.1) is 6.92 Å². The van der Waals surface area contributed by atoms with Gasteiger partial charge >= 0.3 is 0 Å². The second-order valence-electron chi connectivity index (χ2n) is 8.75. The van der Waals surface area contributed by atoms with Crippen LogP contribution in [-0.4, -0.2) is 21.4 Å². The normalized spacial score (nSPS) is 14.9. The van der Waals surface area contributed by atoms with Crippen LogP contribution in [0.5, 0.6) is 0 Å². The van der Waals surface area contributed by atoms with Gasteiger partial charge < -0.3 is 5.32 Å². The van der Waals surface area contributed by atoms with Crippen molar-refractivity contribution in [1.82, 2.24) is 15.1 Å². The van der Waals surface area contributed by atoms with Crippen molar-refractivity contribution in [3.63, 3.8) is 0 Å². The van der Waals surface area contributed by atoms with Crippen molar-refractivity contribution in [2.45, 2.75) is 59.5 Å². The van der Waals surface area contributed by atoms with E-state index in [-0.39, 0.29) is 11.4 Å². The summed E-state index contributed by atoms with van der Waals surface area (Å²) in [4.78, 5) is 17.1. The van der Waals surface area contributed by atoms with E-state index in [1.54, 1.807) is 17.1 Å². The molecule has 1 N–H and O–H groups in total. The molecule has 0 unspecified atom stereocenters. The number of rotatable bonds is 4. The molecule has 0 bridgehead atoms. The lowest BCUT2D eigenvalue weighted by atomic mass is 10.0. The molecule has 3 rings (SSSR count). The molecule has 30 heavy (non-hydrogen) atoms. The Bertz CT molecular complexity index is 1040. The van der Waals surface area contributed by atoms with Gasteiger partial charge in [0.05, 0.1) is 23.0 Å². The van der Waals surface area contributed by atoms with Gasteiger partial charge in [0.1, 0.15) is 0 Å². The Hall–Kier alpha value is -2.66. The summed E-state index contributed by atoms with van der Waals surface area (Å²) in [6.07, 6.45) is 9.00. The predicted octanol–water partition coefficient (Wildman–Crippen LogP) is 5.49. The molecule has 0 saturated heterocycles. The van der Waals surface area contributed by atoms with Gasteiger partial charge in [0.15, 0.2) is 0 Å². The van der Waals surface area contributed by atoms with Crippen LogP contribution < -0.4 is 5.32 Å². The highest BCUT2D eigenvalue weighted by Crippen LogP contribution is 2.21. The lowest BCUT2D eigenvalue weighted by Gasteiger charge is -2.18. The Morgan fingerprint density at radius 3 is 2.67 bits per heavy atom. The average Bonchev–Trinajstić information content (AvgIpc) is 3.18. The van der Waals surface area contributed by atoms with E-state index in [9.17, 15) is 4.79 Å².